The molecule has 1 aliphatic heterocycles. The van der Waals surface area contributed by atoms with Gasteiger partial charge in [0, 0.05) is 24.3 Å². The summed E-state index contributed by atoms with van der Waals surface area (Å²) in [6, 6.07) is 2.17. The largest absolute Gasteiger partial charge is 0.339 e. The van der Waals surface area contributed by atoms with E-state index in [0.29, 0.717) is 11.7 Å². The zero-order valence-electron chi connectivity index (χ0n) is 13.7. The van der Waals surface area contributed by atoms with Gasteiger partial charge in [0.2, 0.25) is 0 Å². The van der Waals surface area contributed by atoms with E-state index in [1.54, 1.807) is 11.3 Å². The fraction of sp³-hybridized carbons (Fsp3) is 0.588. The molecule has 1 saturated heterocycles. The van der Waals surface area contributed by atoms with E-state index in [9.17, 15) is 4.79 Å². The summed E-state index contributed by atoms with van der Waals surface area (Å²) in [4.78, 5) is 17.2. The second-order valence-corrected chi connectivity index (χ2v) is 7.66. The number of carbonyl (C=O) groups is 1. The second kappa shape index (κ2) is 6.64. The molecule has 7 heteroatoms. The molecular formula is C17H23N5OS. The zero-order chi connectivity index (χ0) is 16.4. The highest BCUT2D eigenvalue weighted by Gasteiger charge is 2.39. The lowest BCUT2D eigenvalue weighted by molar-refractivity contribution is 0.0891. The maximum absolute atomic E-state index is 12.8. The van der Waals surface area contributed by atoms with Crippen molar-refractivity contribution >= 4 is 17.2 Å². The summed E-state index contributed by atoms with van der Waals surface area (Å²) in [6.07, 6.45) is 10.2. The first kappa shape index (κ1) is 15.8. The van der Waals surface area contributed by atoms with Crippen LogP contribution in [0.15, 0.2) is 23.8 Å². The third-order valence-corrected chi connectivity index (χ3v) is 6.11. The van der Waals surface area contributed by atoms with Crippen LogP contribution < -0.4 is 10.6 Å². The monoisotopic (exact) mass is 345 g/mol. The third kappa shape index (κ3) is 2.98. The summed E-state index contributed by atoms with van der Waals surface area (Å²) in [5.41, 5.74) is 0.199. The molecule has 0 radical (unpaired) electrons. The maximum atomic E-state index is 12.8. The van der Waals surface area contributed by atoms with E-state index in [1.165, 1.54) is 0 Å². The summed E-state index contributed by atoms with van der Waals surface area (Å²) in [5.74, 6) is -0.0883. The number of hydrogen-bond acceptors (Lipinski definition) is 5. The average molecular weight is 345 g/mol. The topological polar surface area (TPSA) is 71.8 Å². The van der Waals surface area contributed by atoms with Gasteiger partial charge < -0.3 is 10.6 Å². The summed E-state index contributed by atoms with van der Waals surface area (Å²) >= 11 is 1.62. The number of piperidine rings is 1. The molecule has 4 rings (SSSR count). The third-order valence-electron chi connectivity index (χ3n) is 5.14. The molecule has 3 heterocycles. The Bertz CT molecular complexity index is 684. The molecule has 1 unspecified atom stereocenters. The minimum atomic E-state index is -0.304. The predicted molar refractivity (Wildman–Crippen MR) is 93.1 cm³/mol. The van der Waals surface area contributed by atoms with Gasteiger partial charge in [-0.3, -0.25) is 9.48 Å². The molecule has 1 atom stereocenters. The quantitative estimate of drug-likeness (QED) is 0.893. The van der Waals surface area contributed by atoms with E-state index in [0.717, 1.165) is 56.6 Å². The van der Waals surface area contributed by atoms with Gasteiger partial charge in [-0.25, -0.2) is 4.98 Å². The molecule has 1 aliphatic carbocycles. The van der Waals surface area contributed by atoms with Crippen LogP contribution >= 0.6 is 11.3 Å². The molecule has 2 N–H and O–H groups in total. The van der Waals surface area contributed by atoms with E-state index in [2.05, 4.69) is 20.7 Å². The zero-order valence-corrected chi connectivity index (χ0v) is 14.5. The van der Waals surface area contributed by atoms with E-state index in [-0.39, 0.29) is 11.4 Å². The van der Waals surface area contributed by atoms with Crippen molar-refractivity contribution in [2.75, 3.05) is 13.1 Å². The molecule has 2 aliphatic rings. The summed E-state index contributed by atoms with van der Waals surface area (Å²) in [6.45, 7) is 1.99. The Morgan fingerprint density at radius 2 is 2.25 bits per heavy atom. The van der Waals surface area contributed by atoms with Crippen molar-refractivity contribution in [2.45, 2.75) is 50.1 Å². The van der Waals surface area contributed by atoms with E-state index >= 15 is 0 Å². The molecule has 0 spiro atoms. The van der Waals surface area contributed by atoms with Crippen LogP contribution in [0, 0.1) is 0 Å². The first-order valence-corrected chi connectivity index (χ1v) is 9.63. The fourth-order valence-electron chi connectivity index (χ4n) is 3.83. The summed E-state index contributed by atoms with van der Waals surface area (Å²) in [7, 11) is 0. The minimum absolute atomic E-state index is 0.0883. The van der Waals surface area contributed by atoms with Crippen LogP contribution in [0.1, 0.15) is 60.1 Å². The van der Waals surface area contributed by atoms with Crippen molar-refractivity contribution in [1.29, 1.82) is 0 Å². The van der Waals surface area contributed by atoms with Gasteiger partial charge in [0.1, 0.15) is 10.7 Å². The van der Waals surface area contributed by atoms with Crippen molar-refractivity contribution < 1.29 is 4.79 Å². The highest BCUT2D eigenvalue weighted by atomic mass is 32.1. The number of rotatable bonds is 4. The smallest absolute Gasteiger partial charge is 0.272 e. The van der Waals surface area contributed by atoms with Crippen molar-refractivity contribution in [3.63, 3.8) is 0 Å². The first-order chi connectivity index (χ1) is 11.8. The molecule has 128 valence electrons. The standard InChI is InChI=1S/C17H23N5OS/c23-15(14-5-10-22(21-14)13-4-3-8-18-12-13)20-17(6-1-2-7-17)16-19-9-11-24-16/h5,9-11,13,18H,1-4,6-8,12H2,(H,20,23). The lowest BCUT2D eigenvalue weighted by atomic mass is 9.98. The van der Waals surface area contributed by atoms with Crippen molar-refractivity contribution in [3.8, 4) is 0 Å². The number of thiazole rings is 1. The molecule has 2 aromatic heterocycles. The Balaban J connectivity index is 1.50. The van der Waals surface area contributed by atoms with Crippen LogP contribution in [0.4, 0.5) is 0 Å². The number of amides is 1. The lowest BCUT2D eigenvalue weighted by Gasteiger charge is -2.27. The number of carbonyl (C=O) groups excluding carboxylic acids is 1. The first-order valence-electron chi connectivity index (χ1n) is 8.75. The molecule has 24 heavy (non-hydrogen) atoms. The van der Waals surface area contributed by atoms with Crippen molar-refractivity contribution in [2.24, 2.45) is 0 Å². The number of hydrogen-bond donors (Lipinski definition) is 2. The fourth-order valence-corrected chi connectivity index (χ4v) is 4.69. The maximum Gasteiger partial charge on any atom is 0.272 e. The Hall–Kier alpha value is -1.73. The van der Waals surface area contributed by atoms with Gasteiger partial charge in [-0.1, -0.05) is 12.8 Å². The van der Waals surface area contributed by atoms with E-state index in [1.807, 2.05) is 28.5 Å². The Labute approximate surface area is 145 Å². The van der Waals surface area contributed by atoms with Gasteiger partial charge in [0.15, 0.2) is 0 Å². The number of aromatic nitrogens is 3. The van der Waals surface area contributed by atoms with Crippen LogP contribution in [0.5, 0.6) is 0 Å². The normalized spacial score (nSPS) is 23.2. The lowest BCUT2D eigenvalue weighted by Crippen LogP contribution is -2.44. The SMILES string of the molecule is O=C(NC1(c2nccs2)CCCC1)c1ccn(C2CCCNC2)n1. The van der Waals surface area contributed by atoms with Gasteiger partial charge in [-0.15, -0.1) is 11.3 Å². The molecule has 1 amide bonds. The molecule has 0 bridgehead atoms. The molecule has 1 saturated carbocycles. The average Bonchev–Trinajstić information content (AvgIpc) is 3.36. The number of nitrogens with one attached hydrogen (secondary N) is 2. The summed E-state index contributed by atoms with van der Waals surface area (Å²) in [5, 5.41) is 14.2. The van der Waals surface area contributed by atoms with Crippen molar-refractivity contribution in [1.82, 2.24) is 25.4 Å². The number of nitrogens with zero attached hydrogens (tertiary/aromatic N) is 3. The molecule has 2 fully saturated rings. The van der Waals surface area contributed by atoms with Crippen LogP contribution in [0.3, 0.4) is 0 Å². The minimum Gasteiger partial charge on any atom is -0.339 e. The molecule has 6 nitrogen and oxygen atoms in total. The van der Waals surface area contributed by atoms with Crippen LogP contribution in [-0.4, -0.2) is 33.8 Å². The van der Waals surface area contributed by atoms with Gasteiger partial charge in [0.25, 0.3) is 5.91 Å². The van der Waals surface area contributed by atoms with Crippen LogP contribution in [0.25, 0.3) is 0 Å². The highest BCUT2D eigenvalue weighted by molar-refractivity contribution is 7.09. The van der Waals surface area contributed by atoms with Crippen LogP contribution in [-0.2, 0) is 5.54 Å². The summed E-state index contributed by atoms with van der Waals surface area (Å²) < 4.78 is 1.94. The highest BCUT2D eigenvalue weighted by Crippen LogP contribution is 2.39. The van der Waals surface area contributed by atoms with Gasteiger partial charge in [-0.05, 0) is 38.3 Å². The second-order valence-electron chi connectivity index (χ2n) is 6.76. The van der Waals surface area contributed by atoms with E-state index < -0.39 is 0 Å². The Kier molecular flexibility index (Phi) is 4.37. The Morgan fingerprint density at radius 1 is 1.38 bits per heavy atom. The molecule has 0 aromatic carbocycles. The van der Waals surface area contributed by atoms with Crippen LogP contribution in [0.2, 0.25) is 0 Å². The predicted octanol–water partition coefficient (Wildman–Crippen LogP) is 2.46. The Morgan fingerprint density at radius 3 is 2.96 bits per heavy atom. The molecular weight excluding hydrogens is 322 g/mol. The van der Waals surface area contributed by atoms with Gasteiger partial charge in [-0.2, -0.15) is 5.10 Å². The van der Waals surface area contributed by atoms with E-state index in [4.69, 9.17) is 0 Å². The molecule has 2 aromatic rings. The van der Waals surface area contributed by atoms with Gasteiger partial charge >= 0.3 is 0 Å². The van der Waals surface area contributed by atoms with Crippen molar-refractivity contribution in [3.05, 3.63) is 34.5 Å². The van der Waals surface area contributed by atoms with Gasteiger partial charge in [0.05, 0.1) is 11.6 Å².